The van der Waals surface area contributed by atoms with Gasteiger partial charge < -0.3 is 5.73 Å². The summed E-state index contributed by atoms with van der Waals surface area (Å²) >= 11 is 0. The lowest BCUT2D eigenvalue weighted by Crippen LogP contribution is -2.16. The molecule has 0 unspecified atom stereocenters. The summed E-state index contributed by atoms with van der Waals surface area (Å²) in [6, 6.07) is 10.4. The maximum atomic E-state index is 14.1. The van der Waals surface area contributed by atoms with Crippen LogP contribution in [0.15, 0.2) is 48.8 Å². The lowest BCUT2D eigenvalue weighted by Gasteiger charge is -2.19. The number of benzene rings is 1. The lowest BCUT2D eigenvalue weighted by atomic mass is 9.88. The van der Waals surface area contributed by atoms with Gasteiger partial charge in [-0.1, -0.05) is 39.0 Å². The zero-order valence-electron chi connectivity index (χ0n) is 16.0. The molecule has 0 amide bonds. The Hall–Kier alpha value is -3.35. The molecule has 3 aromatic heterocycles. The molecule has 0 saturated carbocycles. The van der Waals surface area contributed by atoms with Crippen molar-refractivity contribution in [2.75, 3.05) is 5.73 Å². The number of hydrogen-bond donors (Lipinski definition) is 1. The molecule has 3 heterocycles. The largest absolute Gasteiger partial charge is 0.383 e. The van der Waals surface area contributed by atoms with Crippen molar-refractivity contribution in [2.45, 2.75) is 32.7 Å². The van der Waals surface area contributed by atoms with E-state index in [0.717, 1.165) is 10.9 Å². The Morgan fingerprint density at radius 2 is 1.86 bits per heavy atom. The van der Waals surface area contributed by atoms with Crippen molar-refractivity contribution in [1.82, 2.24) is 24.7 Å². The smallest absolute Gasteiger partial charge is 0.182 e. The van der Waals surface area contributed by atoms with Crippen LogP contribution in [0, 0.1) is 5.82 Å². The van der Waals surface area contributed by atoms with E-state index in [1.165, 1.54) is 6.07 Å². The quantitative estimate of drug-likeness (QED) is 0.585. The highest BCUT2D eigenvalue weighted by Crippen LogP contribution is 2.30. The fourth-order valence-electron chi connectivity index (χ4n) is 3.16. The van der Waals surface area contributed by atoms with E-state index < -0.39 is 0 Å². The van der Waals surface area contributed by atoms with Crippen LogP contribution in [0.25, 0.3) is 22.6 Å². The van der Waals surface area contributed by atoms with Crippen molar-refractivity contribution in [3.05, 3.63) is 65.7 Å². The van der Waals surface area contributed by atoms with Crippen LogP contribution in [0.4, 0.5) is 10.2 Å². The van der Waals surface area contributed by atoms with E-state index >= 15 is 0 Å². The van der Waals surface area contributed by atoms with E-state index in [4.69, 9.17) is 5.73 Å². The van der Waals surface area contributed by atoms with Gasteiger partial charge in [-0.3, -0.25) is 0 Å². The fourth-order valence-corrected chi connectivity index (χ4v) is 3.16. The van der Waals surface area contributed by atoms with E-state index in [9.17, 15) is 4.39 Å². The fraction of sp³-hybridized carbons (Fsp3) is 0.238. The third kappa shape index (κ3) is 3.19. The van der Waals surface area contributed by atoms with Gasteiger partial charge >= 0.3 is 0 Å². The first-order valence-corrected chi connectivity index (χ1v) is 9.03. The van der Waals surface area contributed by atoms with Crippen molar-refractivity contribution >= 4 is 16.9 Å². The van der Waals surface area contributed by atoms with Crippen molar-refractivity contribution < 1.29 is 4.39 Å². The Balaban J connectivity index is 1.83. The van der Waals surface area contributed by atoms with Gasteiger partial charge in [0.05, 0.1) is 11.9 Å². The molecule has 0 atom stereocenters. The molecule has 7 heteroatoms. The molecule has 4 aromatic rings. The third-order valence-corrected chi connectivity index (χ3v) is 4.62. The number of hydrogen-bond acceptors (Lipinski definition) is 5. The minimum absolute atomic E-state index is 0.156. The zero-order chi connectivity index (χ0) is 19.9. The predicted octanol–water partition coefficient (Wildman–Crippen LogP) is 3.96. The summed E-state index contributed by atoms with van der Waals surface area (Å²) in [5.74, 6) is 0.577. The second-order valence-corrected chi connectivity index (χ2v) is 7.71. The molecule has 0 aliphatic rings. The topological polar surface area (TPSA) is 82.5 Å². The van der Waals surface area contributed by atoms with Crippen LogP contribution in [0.2, 0.25) is 0 Å². The number of nitrogens with zero attached hydrogens (tertiary/aromatic N) is 5. The second kappa shape index (κ2) is 6.67. The standard InChI is InChI=1S/C21H21FN6/c1-21(2,3)15-11-25-19(26-18(15)23)17-14-8-6-10-24-20(14)28(27-17)12-13-7-4-5-9-16(13)22/h4-11H,12H2,1-3H3,(H2,23,25,26). The number of anilines is 1. The summed E-state index contributed by atoms with van der Waals surface area (Å²) in [6.45, 7) is 6.44. The second-order valence-electron chi connectivity index (χ2n) is 7.71. The van der Waals surface area contributed by atoms with E-state index in [2.05, 4.69) is 40.8 Å². The SMILES string of the molecule is CC(C)(C)c1cnc(-c2nn(Cc3ccccc3F)c3ncccc23)nc1N. The average Bonchev–Trinajstić information content (AvgIpc) is 3.01. The van der Waals surface area contributed by atoms with Gasteiger partial charge in [0.25, 0.3) is 0 Å². The number of pyridine rings is 1. The maximum Gasteiger partial charge on any atom is 0.182 e. The number of aromatic nitrogens is 5. The summed E-state index contributed by atoms with van der Waals surface area (Å²) in [4.78, 5) is 13.4. The third-order valence-electron chi connectivity index (χ3n) is 4.62. The van der Waals surface area contributed by atoms with Crippen LogP contribution in [-0.2, 0) is 12.0 Å². The molecular formula is C21H21FN6. The minimum Gasteiger partial charge on any atom is -0.383 e. The van der Waals surface area contributed by atoms with Gasteiger partial charge in [-0.2, -0.15) is 5.10 Å². The molecule has 28 heavy (non-hydrogen) atoms. The Bertz CT molecular complexity index is 1160. The Kier molecular flexibility index (Phi) is 4.30. The molecular weight excluding hydrogens is 355 g/mol. The molecule has 6 nitrogen and oxygen atoms in total. The molecule has 1 aromatic carbocycles. The summed E-state index contributed by atoms with van der Waals surface area (Å²) in [7, 11) is 0. The highest BCUT2D eigenvalue weighted by atomic mass is 19.1. The summed E-state index contributed by atoms with van der Waals surface area (Å²) in [5, 5.41) is 5.43. The first-order chi connectivity index (χ1) is 13.3. The number of halogens is 1. The van der Waals surface area contributed by atoms with Crippen LogP contribution in [-0.4, -0.2) is 24.7 Å². The molecule has 2 N–H and O–H groups in total. The summed E-state index contributed by atoms with van der Waals surface area (Å²) in [5.41, 5.74) is 8.66. The van der Waals surface area contributed by atoms with Crippen LogP contribution >= 0.6 is 0 Å². The number of nitrogen functional groups attached to an aromatic ring is 1. The molecule has 0 spiro atoms. The molecule has 0 saturated heterocycles. The number of nitrogens with two attached hydrogens (primary N) is 1. The Morgan fingerprint density at radius 1 is 1.07 bits per heavy atom. The minimum atomic E-state index is -0.279. The molecule has 142 valence electrons. The Labute approximate surface area is 162 Å². The van der Waals surface area contributed by atoms with E-state index in [-0.39, 0.29) is 17.8 Å². The van der Waals surface area contributed by atoms with E-state index in [0.29, 0.717) is 28.5 Å². The summed E-state index contributed by atoms with van der Waals surface area (Å²) in [6.07, 6.45) is 3.43. The molecule has 0 bridgehead atoms. The van der Waals surface area contributed by atoms with Crippen molar-refractivity contribution in [3.63, 3.8) is 0 Å². The number of fused-ring (bicyclic) bond motifs is 1. The van der Waals surface area contributed by atoms with Gasteiger partial charge in [0.2, 0.25) is 0 Å². The van der Waals surface area contributed by atoms with Gasteiger partial charge in [0.1, 0.15) is 17.3 Å². The Morgan fingerprint density at radius 3 is 2.57 bits per heavy atom. The molecule has 0 aliphatic heterocycles. The van der Waals surface area contributed by atoms with Gasteiger partial charge in [0, 0.05) is 23.5 Å². The van der Waals surface area contributed by atoms with E-state index in [1.807, 2.05) is 12.1 Å². The van der Waals surface area contributed by atoms with Gasteiger partial charge in [-0.25, -0.2) is 24.0 Å². The monoisotopic (exact) mass is 376 g/mol. The van der Waals surface area contributed by atoms with Crippen LogP contribution in [0.5, 0.6) is 0 Å². The van der Waals surface area contributed by atoms with Crippen LogP contribution in [0.3, 0.4) is 0 Å². The first-order valence-electron chi connectivity index (χ1n) is 9.03. The summed E-state index contributed by atoms with van der Waals surface area (Å²) < 4.78 is 15.8. The normalized spacial score (nSPS) is 11.9. The zero-order valence-corrected chi connectivity index (χ0v) is 16.0. The maximum absolute atomic E-state index is 14.1. The highest BCUT2D eigenvalue weighted by molar-refractivity contribution is 5.89. The molecule has 0 radical (unpaired) electrons. The number of rotatable bonds is 3. The molecule has 4 rings (SSSR count). The van der Waals surface area contributed by atoms with Crippen LogP contribution in [0.1, 0.15) is 31.9 Å². The van der Waals surface area contributed by atoms with Crippen molar-refractivity contribution in [3.8, 4) is 11.5 Å². The highest BCUT2D eigenvalue weighted by Gasteiger charge is 2.21. The van der Waals surface area contributed by atoms with Gasteiger partial charge in [0.15, 0.2) is 11.5 Å². The van der Waals surface area contributed by atoms with Gasteiger partial charge in [-0.15, -0.1) is 0 Å². The first kappa shape index (κ1) is 18.0. The average molecular weight is 376 g/mol. The van der Waals surface area contributed by atoms with Crippen molar-refractivity contribution in [1.29, 1.82) is 0 Å². The van der Waals surface area contributed by atoms with E-state index in [1.54, 1.807) is 35.3 Å². The molecule has 0 aliphatic carbocycles. The lowest BCUT2D eigenvalue weighted by molar-refractivity contribution is 0.586. The van der Waals surface area contributed by atoms with Crippen LogP contribution < -0.4 is 5.73 Å². The van der Waals surface area contributed by atoms with Crippen molar-refractivity contribution in [2.24, 2.45) is 0 Å². The predicted molar refractivity (Wildman–Crippen MR) is 107 cm³/mol. The van der Waals surface area contributed by atoms with Gasteiger partial charge in [-0.05, 0) is 23.6 Å². The molecule has 0 fully saturated rings.